The summed E-state index contributed by atoms with van der Waals surface area (Å²) in [7, 11) is 0. The Morgan fingerprint density at radius 2 is 2.14 bits per heavy atom. The largest absolute Gasteiger partial charge is 0.384 e. The van der Waals surface area contributed by atoms with E-state index in [0.29, 0.717) is 5.82 Å². The molecule has 72 valence electrons. The fourth-order valence-corrected chi connectivity index (χ4v) is 1.76. The van der Waals surface area contributed by atoms with Crippen molar-refractivity contribution in [3.05, 3.63) is 34.4 Å². The van der Waals surface area contributed by atoms with Crippen LogP contribution in [0.4, 0.5) is 5.82 Å². The highest BCUT2D eigenvalue weighted by molar-refractivity contribution is 9.10. The van der Waals surface area contributed by atoms with E-state index >= 15 is 0 Å². The number of H-pyrrole nitrogens is 1. The van der Waals surface area contributed by atoms with Crippen LogP contribution in [0.25, 0.3) is 11.1 Å². The van der Waals surface area contributed by atoms with Crippen LogP contribution in [0.1, 0.15) is 5.56 Å². The van der Waals surface area contributed by atoms with E-state index in [9.17, 15) is 0 Å². The van der Waals surface area contributed by atoms with Gasteiger partial charge in [-0.1, -0.05) is 22.0 Å². The molecule has 0 saturated heterocycles. The quantitative estimate of drug-likeness (QED) is 0.819. The van der Waals surface area contributed by atoms with Crippen molar-refractivity contribution in [2.45, 2.75) is 6.92 Å². The monoisotopic (exact) mass is 251 g/mol. The van der Waals surface area contributed by atoms with Crippen molar-refractivity contribution in [1.29, 1.82) is 0 Å². The Kier molecular flexibility index (Phi) is 2.29. The maximum atomic E-state index is 5.76. The third-order valence-corrected chi connectivity index (χ3v) is 2.65. The van der Waals surface area contributed by atoms with Crippen LogP contribution < -0.4 is 5.73 Å². The molecule has 2 rings (SSSR count). The van der Waals surface area contributed by atoms with Gasteiger partial charge in [0.25, 0.3) is 0 Å². The van der Waals surface area contributed by atoms with E-state index in [1.165, 1.54) is 5.56 Å². The minimum Gasteiger partial charge on any atom is -0.384 e. The van der Waals surface area contributed by atoms with Crippen LogP contribution in [-0.2, 0) is 0 Å². The van der Waals surface area contributed by atoms with E-state index in [4.69, 9.17) is 5.73 Å². The summed E-state index contributed by atoms with van der Waals surface area (Å²) < 4.78 is 1.04. The van der Waals surface area contributed by atoms with Crippen molar-refractivity contribution in [3.63, 3.8) is 0 Å². The molecule has 1 heterocycles. The van der Waals surface area contributed by atoms with Gasteiger partial charge < -0.3 is 5.73 Å². The van der Waals surface area contributed by atoms with Crippen LogP contribution in [0.5, 0.6) is 0 Å². The van der Waals surface area contributed by atoms with Crippen molar-refractivity contribution in [1.82, 2.24) is 10.2 Å². The van der Waals surface area contributed by atoms with E-state index in [-0.39, 0.29) is 0 Å². The molecular weight excluding hydrogens is 242 g/mol. The topological polar surface area (TPSA) is 54.7 Å². The number of nitrogens with one attached hydrogen (secondary N) is 1. The number of aromatic nitrogens is 2. The second-order valence-electron chi connectivity index (χ2n) is 3.16. The molecule has 0 atom stereocenters. The zero-order valence-electron chi connectivity index (χ0n) is 7.71. The lowest BCUT2D eigenvalue weighted by atomic mass is 10.0. The lowest BCUT2D eigenvalue weighted by Crippen LogP contribution is -1.89. The molecule has 0 unspecified atom stereocenters. The van der Waals surface area contributed by atoms with Crippen molar-refractivity contribution in [2.75, 3.05) is 5.73 Å². The van der Waals surface area contributed by atoms with Gasteiger partial charge in [-0.15, -0.1) is 0 Å². The minimum atomic E-state index is 0.603. The molecule has 14 heavy (non-hydrogen) atoms. The normalized spacial score (nSPS) is 10.4. The molecule has 3 nitrogen and oxygen atoms in total. The van der Waals surface area contributed by atoms with Gasteiger partial charge in [0.2, 0.25) is 0 Å². The van der Waals surface area contributed by atoms with Crippen LogP contribution in [0, 0.1) is 6.92 Å². The van der Waals surface area contributed by atoms with E-state index < -0.39 is 0 Å². The molecule has 0 fully saturated rings. The van der Waals surface area contributed by atoms with Gasteiger partial charge in [0, 0.05) is 10.0 Å². The predicted octanol–water partition coefficient (Wildman–Crippen LogP) is 2.73. The van der Waals surface area contributed by atoms with Gasteiger partial charge in [-0.2, -0.15) is 5.10 Å². The summed E-state index contributed by atoms with van der Waals surface area (Å²) >= 11 is 3.43. The number of nitrogens with two attached hydrogens (primary N) is 1. The number of rotatable bonds is 1. The summed E-state index contributed by atoms with van der Waals surface area (Å²) in [6.07, 6.45) is 1.74. The van der Waals surface area contributed by atoms with Gasteiger partial charge in [0.1, 0.15) is 5.82 Å². The molecule has 0 amide bonds. The van der Waals surface area contributed by atoms with Crippen LogP contribution in [-0.4, -0.2) is 10.2 Å². The van der Waals surface area contributed by atoms with Gasteiger partial charge >= 0.3 is 0 Å². The Morgan fingerprint density at radius 1 is 1.36 bits per heavy atom. The number of hydrogen-bond donors (Lipinski definition) is 2. The summed E-state index contributed by atoms with van der Waals surface area (Å²) in [5, 5.41) is 6.63. The first-order chi connectivity index (χ1) is 6.68. The van der Waals surface area contributed by atoms with Crippen LogP contribution in [0.2, 0.25) is 0 Å². The summed E-state index contributed by atoms with van der Waals surface area (Å²) in [5.74, 6) is 0.603. The Labute approximate surface area is 90.5 Å². The number of benzene rings is 1. The Balaban J connectivity index is 2.62. The number of hydrogen-bond acceptors (Lipinski definition) is 2. The van der Waals surface area contributed by atoms with Crippen LogP contribution in [0.15, 0.2) is 28.9 Å². The first-order valence-electron chi connectivity index (χ1n) is 4.24. The van der Waals surface area contributed by atoms with Gasteiger partial charge in [0.15, 0.2) is 0 Å². The van der Waals surface area contributed by atoms with Gasteiger partial charge in [-0.25, -0.2) is 0 Å². The fraction of sp³-hybridized carbons (Fsp3) is 0.100. The lowest BCUT2D eigenvalue weighted by molar-refractivity contribution is 1.10. The van der Waals surface area contributed by atoms with Crippen molar-refractivity contribution in [3.8, 4) is 11.1 Å². The number of aromatic amines is 1. The Bertz CT molecular complexity index is 462. The first-order valence-corrected chi connectivity index (χ1v) is 5.03. The zero-order chi connectivity index (χ0) is 10.1. The van der Waals surface area contributed by atoms with Crippen LogP contribution in [0.3, 0.4) is 0 Å². The zero-order valence-corrected chi connectivity index (χ0v) is 9.30. The molecular formula is C10H10BrN3. The summed E-state index contributed by atoms with van der Waals surface area (Å²) in [6, 6.07) is 6.09. The van der Waals surface area contributed by atoms with Gasteiger partial charge in [-0.3, -0.25) is 5.10 Å². The van der Waals surface area contributed by atoms with E-state index in [0.717, 1.165) is 15.6 Å². The third kappa shape index (κ3) is 1.53. The van der Waals surface area contributed by atoms with E-state index in [1.54, 1.807) is 6.20 Å². The highest BCUT2D eigenvalue weighted by Crippen LogP contribution is 2.29. The SMILES string of the molecule is Cc1ccc(Br)cc1-c1cn[nH]c1N. The summed E-state index contributed by atoms with van der Waals surface area (Å²) in [5.41, 5.74) is 8.99. The predicted molar refractivity (Wildman–Crippen MR) is 60.9 cm³/mol. The first kappa shape index (κ1) is 9.27. The molecule has 1 aromatic heterocycles. The van der Waals surface area contributed by atoms with Gasteiger partial charge in [0.05, 0.1) is 6.20 Å². The lowest BCUT2D eigenvalue weighted by Gasteiger charge is -2.04. The molecule has 0 aliphatic heterocycles. The standard InChI is InChI=1S/C10H10BrN3/c1-6-2-3-7(11)4-8(6)9-5-13-14-10(9)12/h2-5H,1H3,(H3,12,13,14). The molecule has 2 aromatic rings. The second-order valence-corrected chi connectivity index (χ2v) is 4.07. The van der Waals surface area contributed by atoms with Gasteiger partial charge in [-0.05, 0) is 30.2 Å². The number of nitrogens with zero attached hydrogens (tertiary/aromatic N) is 1. The third-order valence-electron chi connectivity index (χ3n) is 2.16. The highest BCUT2D eigenvalue weighted by atomic mass is 79.9. The van der Waals surface area contributed by atoms with E-state index in [1.807, 2.05) is 25.1 Å². The number of anilines is 1. The average Bonchev–Trinajstić information content (AvgIpc) is 2.56. The molecule has 0 radical (unpaired) electrons. The maximum Gasteiger partial charge on any atom is 0.126 e. The molecule has 0 saturated carbocycles. The van der Waals surface area contributed by atoms with E-state index in [2.05, 4.69) is 26.1 Å². The summed E-state index contributed by atoms with van der Waals surface area (Å²) in [4.78, 5) is 0. The number of nitrogen functional groups attached to an aromatic ring is 1. The molecule has 0 aliphatic rings. The average molecular weight is 252 g/mol. The number of halogens is 1. The molecule has 3 N–H and O–H groups in total. The smallest absolute Gasteiger partial charge is 0.126 e. The summed E-state index contributed by atoms with van der Waals surface area (Å²) in [6.45, 7) is 2.05. The minimum absolute atomic E-state index is 0.603. The fourth-order valence-electron chi connectivity index (χ4n) is 1.40. The Hall–Kier alpha value is -1.29. The molecule has 0 aliphatic carbocycles. The number of aryl methyl sites for hydroxylation is 1. The maximum absolute atomic E-state index is 5.76. The molecule has 4 heteroatoms. The van der Waals surface area contributed by atoms with Crippen LogP contribution >= 0.6 is 15.9 Å². The second kappa shape index (κ2) is 3.46. The molecule has 0 spiro atoms. The Morgan fingerprint density at radius 3 is 2.79 bits per heavy atom. The van der Waals surface area contributed by atoms with Crippen molar-refractivity contribution in [2.24, 2.45) is 0 Å². The highest BCUT2D eigenvalue weighted by Gasteiger charge is 2.07. The van der Waals surface area contributed by atoms with Crippen molar-refractivity contribution < 1.29 is 0 Å². The van der Waals surface area contributed by atoms with Crippen molar-refractivity contribution >= 4 is 21.7 Å². The molecule has 1 aromatic carbocycles. The molecule has 0 bridgehead atoms.